The van der Waals surface area contributed by atoms with E-state index in [4.69, 9.17) is 0 Å². The molecule has 1 aliphatic heterocycles. The van der Waals surface area contributed by atoms with E-state index in [0.717, 1.165) is 11.3 Å². The Bertz CT molecular complexity index is 776. The molecule has 9 heteroatoms. The van der Waals surface area contributed by atoms with Gasteiger partial charge in [0.2, 0.25) is 5.13 Å². The molecule has 118 valence electrons. The van der Waals surface area contributed by atoms with Gasteiger partial charge in [-0.15, -0.1) is 10.2 Å². The SMILES string of the molecule is Cc1ccccc1Nc1nnc(S[C@@H]2CS(=O)(=O)C[C@@H]2O)s1. The Morgan fingerprint density at radius 2 is 2.09 bits per heavy atom. The molecule has 1 aliphatic rings. The minimum absolute atomic E-state index is 0.0149. The van der Waals surface area contributed by atoms with Gasteiger partial charge in [-0.2, -0.15) is 0 Å². The van der Waals surface area contributed by atoms with Gasteiger partial charge < -0.3 is 10.4 Å². The molecule has 1 fully saturated rings. The van der Waals surface area contributed by atoms with Gasteiger partial charge in [-0.1, -0.05) is 41.3 Å². The molecule has 2 heterocycles. The zero-order valence-corrected chi connectivity index (χ0v) is 14.2. The quantitative estimate of drug-likeness (QED) is 0.862. The fourth-order valence-electron chi connectivity index (χ4n) is 2.18. The number of nitrogens with zero attached hydrogens (tertiary/aromatic N) is 2. The summed E-state index contributed by atoms with van der Waals surface area (Å²) in [6.45, 7) is 2.00. The van der Waals surface area contributed by atoms with Crippen molar-refractivity contribution < 1.29 is 13.5 Å². The predicted octanol–water partition coefficient (Wildman–Crippen LogP) is 1.84. The maximum atomic E-state index is 11.5. The van der Waals surface area contributed by atoms with Crippen molar-refractivity contribution in [3.05, 3.63) is 29.8 Å². The summed E-state index contributed by atoms with van der Waals surface area (Å²) in [5.74, 6) is -0.184. The topological polar surface area (TPSA) is 92.2 Å². The lowest BCUT2D eigenvalue weighted by Crippen LogP contribution is -2.19. The molecule has 22 heavy (non-hydrogen) atoms. The van der Waals surface area contributed by atoms with E-state index in [0.29, 0.717) is 9.47 Å². The number of hydrogen-bond acceptors (Lipinski definition) is 8. The van der Waals surface area contributed by atoms with Crippen molar-refractivity contribution in [3.63, 3.8) is 0 Å². The Balaban J connectivity index is 1.68. The molecule has 0 aliphatic carbocycles. The van der Waals surface area contributed by atoms with Crippen molar-refractivity contribution in [1.82, 2.24) is 10.2 Å². The first-order valence-electron chi connectivity index (χ1n) is 6.64. The van der Waals surface area contributed by atoms with Gasteiger partial charge in [0, 0.05) is 5.69 Å². The van der Waals surface area contributed by atoms with Crippen molar-refractivity contribution in [3.8, 4) is 0 Å². The number of aliphatic hydroxyl groups is 1. The highest BCUT2D eigenvalue weighted by atomic mass is 32.2. The van der Waals surface area contributed by atoms with Crippen LogP contribution in [0.3, 0.4) is 0 Å². The van der Waals surface area contributed by atoms with E-state index in [-0.39, 0.29) is 16.8 Å². The van der Waals surface area contributed by atoms with E-state index < -0.39 is 15.9 Å². The molecule has 0 amide bonds. The van der Waals surface area contributed by atoms with Gasteiger partial charge >= 0.3 is 0 Å². The third-order valence-corrected chi connectivity index (χ3v) is 7.48. The zero-order valence-electron chi connectivity index (χ0n) is 11.8. The fraction of sp³-hybridized carbons (Fsp3) is 0.385. The number of nitrogens with one attached hydrogen (secondary N) is 1. The van der Waals surface area contributed by atoms with E-state index in [9.17, 15) is 13.5 Å². The van der Waals surface area contributed by atoms with Crippen LogP contribution in [0.5, 0.6) is 0 Å². The number of anilines is 2. The summed E-state index contributed by atoms with van der Waals surface area (Å²) in [5, 5.41) is 21.4. The average molecular weight is 357 g/mol. The largest absolute Gasteiger partial charge is 0.391 e. The Labute approximate surface area is 136 Å². The van der Waals surface area contributed by atoms with E-state index >= 15 is 0 Å². The Kier molecular flexibility index (Phi) is 4.40. The predicted molar refractivity (Wildman–Crippen MR) is 88.7 cm³/mol. The number of aryl methyl sites for hydroxylation is 1. The monoisotopic (exact) mass is 357 g/mol. The maximum absolute atomic E-state index is 11.5. The number of aromatic nitrogens is 2. The lowest BCUT2D eigenvalue weighted by molar-refractivity contribution is 0.207. The van der Waals surface area contributed by atoms with Crippen LogP contribution in [0.2, 0.25) is 0 Å². The highest BCUT2D eigenvalue weighted by Gasteiger charge is 2.37. The van der Waals surface area contributed by atoms with Gasteiger partial charge in [-0.3, -0.25) is 0 Å². The number of aliphatic hydroxyl groups excluding tert-OH is 1. The molecule has 0 bridgehead atoms. The van der Waals surface area contributed by atoms with E-state index in [1.165, 1.54) is 23.1 Å². The Morgan fingerprint density at radius 3 is 2.77 bits per heavy atom. The van der Waals surface area contributed by atoms with Crippen LogP contribution >= 0.6 is 23.1 Å². The number of hydrogen-bond donors (Lipinski definition) is 2. The molecule has 0 spiro atoms. The van der Waals surface area contributed by atoms with Gasteiger partial charge in [0.1, 0.15) is 0 Å². The lowest BCUT2D eigenvalue weighted by Gasteiger charge is -2.08. The minimum atomic E-state index is -3.14. The fourth-order valence-corrected chi connectivity index (χ4v) is 6.69. The van der Waals surface area contributed by atoms with E-state index in [2.05, 4.69) is 15.5 Å². The van der Waals surface area contributed by atoms with Gasteiger partial charge in [-0.25, -0.2) is 8.42 Å². The van der Waals surface area contributed by atoms with Crippen LogP contribution in [0.15, 0.2) is 28.6 Å². The Hall–Kier alpha value is -1.16. The standard InChI is InChI=1S/C13H15N3O3S3/c1-8-4-2-3-5-9(8)14-12-15-16-13(21-12)20-11-7-22(18,19)6-10(11)17/h2-5,10-11,17H,6-7H2,1H3,(H,14,15)/t10-,11+/m0/s1. The van der Waals surface area contributed by atoms with E-state index in [1.54, 1.807) is 0 Å². The molecule has 2 atom stereocenters. The van der Waals surface area contributed by atoms with Crippen LogP contribution < -0.4 is 5.32 Å². The zero-order chi connectivity index (χ0) is 15.7. The number of rotatable bonds is 4. The molecular weight excluding hydrogens is 342 g/mol. The van der Waals surface area contributed by atoms with Gasteiger partial charge in [0.25, 0.3) is 0 Å². The van der Waals surface area contributed by atoms with E-state index in [1.807, 2.05) is 31.2 Å². The first-order chi connectivity index (χ1) is 10.4. The third-order valence-electron chi connectivity index (χ3n) is 3.32. The molecule has 6 nitrogen and oxygen atoms in total. The third kappa shape index (κ3) is 3.60. The Morgan fingerprint density at radius 1 is 1.32 bits per heavy atom. The van der Waals surface area contributed by atoms with Crippen LogP contribution in [-0.4, -0.2) is 46.6 Å². The molecule has 1 aromatic carbocycles. The molecule has 1 aromatic heterocycles. The summed E-state index contributed by atoms with van der Waals surface area (Å²) in [6, 6.07) is 7.85. The van der Waals surface area contributed by atoms with Crippen LogP contribution in [0.25, 0.3) is 0 Å². The molecule has 1 saturated heterocycles. The van der Waals surface area contributed by atoms with Crippen LogP contribution in [0, 0.1) is 6.92 Å². The molecule has 3 rings (SSSR count). The van der Waals surface area contributed by atoms with Crippen molar-refractivity contribution in [2.24, 2.45) is 0 Å². The summed E-state index contributed by atoms with van der Waals surface area (Å²) in [6.07, 6.45) is -0.841. The van der Waals surface area contributed by atoms with Crippen LogP contribution in [-0.2, 0) is 9.84 Å². The summed E-state index contributed by atoms with van der Waals surface area (Å²) >= 11 is 2.62. The normalized spacial score (nSPS) is 23.5. The second-order valence-electron chi connectivity index (χ2n) is 5.11. The number of para-hydroxylation sites is 1. The van der Waals surface area contributed by atoms with Crippen molar-refractivity contribution in [2.75, 3.05) is 16.8 Å². The minimum Gasteiger partial charge on any atom is -0.391 e. The smallest absolute Gasteiger partial charge is 0.210 e. The summed E-state index contributed by atoms with van der Waals surface area (Å²) in [7, 11) is -3.14. The van der Waals surface area contributed by atoms with Gasteiger partial charge in [-0.05, 0) is 18.6 Å². The number of benzene rings is 1. The summed E-state index contributed by atoms with van der Waals surface area (Å²) in [4.78, 5) is 0. The molecule has 2 N–H and O–H groups in total. The second-order valence-corrected chi connectivity index (χ2v) is 9.73. The first kappa shape index (κ1) is 15.7. The van der Waals surface area contributed by atoms with Gasteiger partial charge in [0.05, 0.1) is 22.9 Å². The number of thioether (sulfide) groups is 1. The highest BCUT2D eigenvalue weighted by Crippen LogP contribution is 2.35. The second kappa shape index (κ2) is 6.15. The van der Waals surface area contributed by atoms with Crippen LogP contribution in [0.4, 0.5) is 10.8 Å². The average Bonchev–Trinajstić information content (AvgIpc) is 2.97. The first-order valence-corrected chi connectivity index (χ1v) is 10.2. The van der Waals surface area contributed by atoms with Gasteiger partial charge in [0.15, 0.2) is 14.2 Å². The number of sulfone groups is 1. The maximum Gasteiger partial charge on any atom is 0.210 e. The highest BCUT2D eigenvalue weighted by molar-refractivity contribution is 8.03. The molecule has 0 radical (unpaired) electrons. The molecule has 2 aromatic rings. The molecular formula is C13H15N3O3S3. The van der Waals surface area contributed by atoms with Crippen LogP contribution in [0.1, 0.15) is 5.56 Å². The lowest BCUT2D eigenvalue weighted by atomic mass is 10.2. The molecule has 0 saturated carbocycles. The van der Waals surface area contributed by atoms with Crippen molar-refractivity contribution in [1.29, 1.82) is 0 Å². The van der Waals surface area contributed by atoms with Crippen molar-refractivity contribution >= 4 is 43.8 Å². The summed E-state index contributed by atoms with van der Waals surface area (Å²) < 4.78 is 23.7. The van der Waals surface area contributed by atoms with Crippen molar-refractivity contribution in [2.45, 2.75) is 22.6 Å². The molecule has 0 unspecified atom stereocenters. The summed E-state index contributed by atoms with van der Waals surface area (Å²) in [5.41, 5.74) is 2.06.